The number of hydrogen-bond donors (Lipinski definition) is 0. The highest BCUT2D eigenvalue weighted by molar-refractivity contribution is 7.86. The minimum Gasteiger partial charge on any atom is -0.260 e. The fraction of sp³-hybridized carbons (Fsp3) is 0.455. The van der Waals surface area contributed by atoms with E-state index in [1.54, 1.807) is 6.92 Å². The van der Waals surface area contributed by atoms with Gasteiger partial charge in [-0.15, -0.1) is 0 Å². The number of alkyl halides is 6. The topological polar surface area (TPSA) is 43.4 Å². The summed E-state index contributed by atoms with van der Waals surface area (Å²) >= 11 is 0. The molecule has 1 rings (SSSR count). The molecule has 0 fully saturated rings. The van der Waals surface area contributed by atoms with Crippen molar-refractivity contribution in [3.05, 3.63) is 29.8 Å². The zero-order valence-electron chi connectivity index (χ0n) is 10.5. The zero-order chi connectivity index (χ0) is 16.5. The molecular formula is C11H10F6O3S. The van der Waals surface area contributed by atoms with Crippen LogP contribution < -0.4 is 0 Å². The van der Waals surface area contributed by atoms with Crippen molar-refractivity contribution < 1.29 is 38.9 Å². The van der Waals surface area contributed by atoms with E-state index in [2.05, 4.69) is 4.18 Å². The van der Waals surface area contributed by atoms with Gasteiger partial charge in [0.1, 0.15) is 6.61 Å². The maximum Gasteiger partial charge on any atom is 0.425 e. The molecule has 0 aliphatic rings. The molecule has 0 aliphatic heterocycles. The summed E-state index contributed by atoms with van der Waals surface area (Å²) in [7, 11) is -4.70. The Hall–Kier alpha value is -1.29. The normalized spacial score (nSPS) is 15.0. The van der Waals surface area contributed by atoms with Gasteiger partial charge in [0.2, 0.25) is 0 Å². The Morgan fingerprint density at radius 3 is 2.00 bits per heavy atom. The lowest BCUT2D eigenvalue weighted by molar-refractivity contribution is -0.249. The molecule has 0 aliphatic carbocycles. The largest absolute Gasteiger partial charge is 0.425 e. The van der Waals surface area contributed by atoms with Crippen molar-refractivity contribution in [2.75, 3.05) is 6.61 Å². The Morgan fingerprint density at radius 2 is 1.57 bits per heavy atom. The van der Waals surface area contributed by atoms with E-state index < -0.39 is 39.9 Å². The van der Waals surface area contributed by atoms with E-state index in [0.29, 0.717) is 5.56 Å². The van der Waals surface area contributed by atoms with Crippen molar-refractivity contribution in [2.45, 2.75) is 30.1 Å². The third kappa shape index (κ3) is 4.60. The second kappa shape index (κ2) is 5.84. The van der Waals surface area contributed by atoms with Crippen molar-refractivity contribution >= 4 is 10.1 Å². The van der Waals surface area contributed by atoms with Crippen LogP contribution in [-0.2, 0) is 14.3 Å². The lowest BCUT2D eigenvalue weighted by atomic mass is 10.2. The number of hydrogen-bond acceptors (Lipinski definition) is 3. The molecule has 0 saturated carbocycles. The fourth-order valence-electron chi connectivity index (χ4n) is 1.24. The quantitative estimate of drug-likeness (QED) is 0.612. The van der Waals surface area contributed by atoms with Crippen LogP contribution in [0.3, 0.4) is 0 Å². The highest BCUT2D eigenvalue weighted by atomic mass is 32.2. The van der Waals surface area contributed by atoms with E-state index >= 15 is 0 Å². The van der Waals surface area contributed by atoms with E-state index in [9.17, 15) is 34.8 Å². The summed E-state index contributed by atoms with van der Waals surface area (Å²) in [5, 5.41) is 0. The van der Waals surface area contributed by atoms with Crippen molar-refractivity contribution in [1.82, 2.24) is 0 Å². The molecule has 0 N–H and O–H groups in total. The van der Waals surface area contributed by atoms with E-state index in [1.807, 2.05) is 0 Å². The van der Waals surface area contributed by atoms with Crippen molar-refractivity contribution in [3.8, 4) is 0 Å². The van der Waals surface area contributed by atoms with Crippen molar-refractivity contribution in [1.29, 1.82) is 0 Å². The van der Waals surface area contributed by atoms with Crippen LogP contribution in [0.4, 0.5) is 26.3 Å². The van der Waals surface area contributed by atoms with Gasteiger partial charge in [-0.25, -0.2) is 13.2 Å². The molecule has 0 bridgehead atoms. The van der Waals surface area contributed by atoms with E-state index in [1.165, 1.54) is 12.1 Å². The summed E-state index contributed by atoms with van der Waals surface area (Å²) in [6.45, 7) is -0.619. The fourth-order valence-corrected chi connectivity index (χ4v) is 2.16. The molecule has 1 aromatic rings. The van der Waals surface area contributed by atoms with Gasteiger partial charge < -0.3 is 0 Å². The first-order chi connectivity index (χ1) is 9.36. The number of aryl methyl sites for hydroxylation is 1. The minimum absolute atomic E-state index is 0.522. The first kappa shape index (κ1) is 17.8. The molecule has 10 heteroatoms. The molecule has 0 amide bonds. The Balaban J connectivity index is 2.84. The van der Waals surface area contributed by atoms with Crippen molar-refractivity contribution in [2.24, 2.45) is 0 Å². The molecule has 0 heterocycles. The summed E-state index contributed by atoms with van der Waals surface area (Å²) in [5.41, 5.74) is 0.667. The molecular weight excluding hydrogens is 326 g/mol. The predicted molar refractivity (Wildman–Crippen MR) is 60.2 cm³/mol. The second-order valence-electron chi connectivity index (χ2n) is 4.19. The van der Waals surface area contributed by atoms with Crippen LogP contribution in [0, 0.1) is 6.92 Å². The highest BCUT2D eigenvalue weighted by Crippen LogP contribution is 2.35. The molecule has 0 spiro atoms. The van der Waals surface area contributed by atoms with Gasteiger partial charge in [0, 0.05) is 0 Å². The van der Waals surface area contributed by atoms with Gasteiger partial charge in [0.05, 0.1) is 4.90 Å². The molecule has 0 unspecified atom stereocenters. The predicted octanol–water partition coefficient (Wildman–Crippen LogP) is 3.24. The standard InChI is InChI=1S/C11H10F6O3S/c1-7-2-4-8(5-3-7)21(18,19)20-6-10(13,14)9(12)11(15,16)17/h2-5,9H,6H2,1H3/t9-/m1/s1. The third-order valence-corrected chi connectivity index (χ3v) is 3.65. The average molecular weight is 336 g/mol. The summed E-state index contributed by atoms with van der Waals surface area (Å²) < 4.78 is 101. The van der Waals surface area contributed by atoms with Gasteiger partial charge >= 0.3 is 12.1 Å². The summed E-state index contributed by atoms with van der Waals surface area (Å²) in [5.74, 6) is -5.02. The lowest BCUT2D eigenvalue weighted by Gasteiger charge is -2.22. The highest BCUT2D eigenvalue weighted by Gasteiger charge is 2.57. The van der Waals surface area contributed by atoms with Crippen LogP contribution in [0.15, 0.2) is 29.2 Å². The van der Waals surface area contributed by atoms with Crippen LogP contribution in [0.25, 0.3) is 0 Å². The average Bonchev–Trinajstić information content (AvgIpc) is 2.35. The summed E-state index contributed by atoms with van der Waals surface area (Å²) in [6.07, 6.45) is -10.3. The SMILES string of the molecule is Cc1ccc(S(=O)(=O)OCC(F)(F)[C@@H](F)C(F)(F)F)cc1. The molecule has 120 valence electrons. The van der Waals surface area contributed by atoms with Gasteiger partial charge in [-0.1, -0.05) is 17.7 Å². The Morgan fingerprint density at radius 1 is 1.10 bits per heavy atom. The van der Waals surface area contributed by atoms with Gasteiger partial charge in [0.25, 0.3) is 16.3 Å². The van der Waals surface area contributed by atoms with Crippen LogP contribution >= 0.6 is 0 Å². The third-order valence-electron chi connectivity index (χ3n) is 2.37. The molecule has 1 aromatic carbocycles. The molecule has 0 aromatic heterocycles. The molecule has 3 nitrogen and oxygen atoms in total. The Bertz CT molecular complexity index is 579. The molecule has 1 atom stereocenters. The second-order valence-corrected chi connectivity index (χ2v) is 5.81. The Kier molecular flexibility index (Phi) is 4.94. The van der Waals surface area contributed by atoms with E-state index in [0.717, 1.165) is 12.1 Å². The van der Waals surface area contributed by atoms with Crippen LogP contribution in [-0.4, -0.2) is 33.3 Å². The Labute approximate surface area is 116 Å². The van der Waals surface area contributed by atoms with Crippen molar-refractivity contribution in [3.63, 3.8) is 0 Å². The van der Waals surface area contributed by atoms with Gasteiger partial charge in [-0.05, 0) is 19.1 Å². The summed E-state index contributed by atoms with van der Waals surface area (Å²) in [6, 6.07) is 4.73. The van der Waals surface area contributed by atoms with Crippen LogP contribution in [0.5, 0.6) is 0 Å². The summed E-state index contributed by atoms with van der Waals surface area (Å²) in [4.78, 5) is -0.522. The minimum atomic E-state index is -5.82. The number of halogens is 6. The number of rotatable bonds is 5. The maximum absolute atomic E-state index is 12.9. The van der Waals surface area contributed by atoms with Crippen LogP contribution in [0.2, 0.25) is 0 Å². The maximum atomic E-state index is 12.9. The van der Waals surface area contributed by atoms with Gasteiger partial charge in [-0.3, -0.25) is 4.18 Å². The van der Waals surface area contributed by atoms with Gasteiger partial charge in [0.15, 0.2) is 0 Å². The van der Waals surface area contributed by atoms with Crippen LogP contribution in [0.1, 0.15) is 5.56 Å². The zero-order valence-corrected chi connectivity index (χ0v) is 11.3. The number of benzene rings is 1. The lowest BCUT2D eigenvalue weighted by Crippen LogP contribution is -2.45. The van der Waals surface area contributed by atoms with E-state index in [4.69, 9.17) is 0 Å². The smallest absolute Gasteiger partial charge is 0.260 e. The first-order valence-electron chi connectivity index (χ1n) is 5.41. The van der Waals surface area contributed by atoms with Gasteiger partial charge in [-0.2, -0.15) is 21.6 Å². The molecule has 21 heavy (non-hydrogen) atoms. The van der Waals surface area contributed by atoms with E-state index in [-0.39, 0.29) is 0 Å². The first-order valence-corrected chi connectivity index (χ1v) is 6.82. The monoisotopic (exact) mass is 336 g/mol. The molecule has 0 radical (unpaired) electrons. The molecule has 0 saturated heterocycles.